The zero-order valence-electron chi connectivity index (χ0n) is 14.5. The molecule has 0 radical (unpaired) electrons. The third-order valence-corrected chi connectivity index (χ3v) is 4.06. The molecule has 0 aromatic heterocycles. The van der Waals surface area contributed by atoms with Crippen LogP contribution in [0.2, 0.25) is 0 Å². The maximum atomic E-state index is 12.7. The van der Waals surface area contributed by atoms with E-state index in [4.69, 9.17) is 9.47 Å². The molecular weight excluding hydrogens is 334 g/mol. The Balaban J connectivity index is 1.73. The number of carbonyl (C=O) groups excluding carboxylic acids is 2. The molecule has 7 heteroatoms. The van der Waals surface area contributed by atoms with Crippen LogP contribution in [0.3, 0.4) is 0 Å². The Kier molecular flexibility index (Phi) is 5.70. The highest BCUT2D eigenvalue weighted by molar-refractivity contribution is 6.06. The number of hydrogen-bond acceptors (Lipinski definition) is 4. The predicted octanol–water partition coefficient (Wildman–Crippen LogP) is 2.81. The Labute approximate surface area is 151 Å². The molecule has 7 nitrogen and oxygen atoms in total. The van der Waals surface area contributed by atoms with Crippen LogP contribution in [0.4, 0.5) is 16.2 Å². The Bertz CT molecular complexity index is 788. The van der Waals surface area contributed by atoms with E-state index in [9.17, 15) is 9.59 Å². The quantitative estimate of drug-likeness (QED) is 0.884. The third kappa shape index (κ3) is 4.12. The molecule has 1 aliphatic heterocycles. The SMILES string of the molecule is COc1ccccc1NC(=O)Nc1ccccc1C(=O)N1CCOCC1. The van der Waals surface area contributed by atoms with Crippen molar-refractivity contribution in [2.75, 3.05) is 44.0 Å². The maximum Gasteiger partial charge on any atom is 0.323 e. The number of methoxy groups -OCH3 is 1. The summed E-state index contributed by atoms with van der Waals surface area (Å²) in [5, 5.41) is 5.48. The van der Waals surface area contributed by atoms with Gasteiger partial charge in [-0.3, -0.25) is 4.79 Å². The van der Waals surface area contributed by atoms with E-state index in [0.29, 0.717) is 49.0 Å². The van der Waals surface area contributed by atoms with Gasteiger partial charge in [-0.2, -0.15) is 0 Å². The van der Waals surface area contributed by atoms with Crippen LogP contribution < -0.4 is 15.4 Å². The van der Waals surface area contributed by atoms with Gasteiger partial charge in [0.15, 0.2) is 0 Å². The van der Waals surface area contributed by atoms with Crippen molar-refractivity contribution in [2.45, 2.75) is 0 Å². The van der Waals surface area contributed by atoms with Crippen molar-refractivity contribution in [3.8, 4) is 5.75 Å². The van der Waals surface area contributed by atoms with Crippen molar-refractivity contribution in [1.29, 1.82) is 0 Å². The molecule has 1 aliphatic rings. The van der Waals surface area contributed by atoms with Gasteiger partial charge in [-0.15, -0.1) is 0 Å². The van der Waals surface area contributed by atoms with Crippen LogP contribution in [0.5, 0.6) is 5.75 Å². The highest BCUT2D eigenvalue weighted by Gasteiger charge is 2.21. The van der Waals surface area contributed by atoms with Crippen LogP contribution >= 0.6 is 0 Å². The minimum Gasteiger partial charge on any atom is -0.495 e. The lowest BCUT2D eigenvalue weighted by molar-refractivity contribution is 0.0303. The minimum absolute atomic E-state index is 0.124. The van der Waals surface area contributed by atoms with E-state index < -0.39 is 6.03 Å². The first kappa shape index (κ1) is 17.8. The van der Waals surface area contributed by atoms with Crippen molar-refractivity contribution in [3.63, 3.8) is 0 Å². The maximum absolute atomic E-state index is 12.7. The van der Waals surface area contributed by atoms with Crippen molar-refractivity contribution in [2.24, 2.45) is 0 Å². The number of para-hydroxylation sites is 3. The van der Waals surface area contributed by atoms with Gasteiger partial charge >= 0.3 is 6.03 Å². The number of anilines is 2. The summed E-state index contributed by atoms with van der Waals surface area (Å²) in [6.07, 6.45) is 0. The summed E-state index contributed by atoms with van der Waals surface area (Å²) in [6, 6.07) is 13.6. The highest BCUT2D eigenvalue weighted by Crippen LogP contribution is 2.24. The number of amides is 3. The zero-order chi connectivity index (χ0) is 18.4. The monoisotopic (exact) mass is 355 g/mol. The molecule has 1 fully saturated rings. The molecule has 0 unspecified atom stereocenters. The number of benzene rings is 2. The van der Waals surface area contributed by atoms with E-state index >= 15 is 0 Å². The number of ether oxygens (including phenoxy) is 2. The molecule has 3 amide bonds. The van der Waals surface area contributed by atoms with E-state index in [0.717, 1.165) is 0 Å². The van der Waals surface area contributed by atoms with E-state index in [2.05, 4.69) is 10.6 Å². The topological polar surface area (TPSA) is 79.9 Å². The highest BCUT2D eigenvalue weighted by atomic mass is 16.5. The number of rotatable bonds is 4. The predicted molar refractivity (Wildman–Crippen MR) is 98.8 cm³/mol. The summed E-state index contributed by atoms with van der Waals surface area (Å²) >= 11 is 0. The minimum atomic E-state index is -0.447. The van der Waals surface area contributed by atoms with Crippen molar-refractivity contribution < 1.29 is 19.1 Å². The van der Waals surface area contributed by atoms with Crippen LogP contribution in [0.25, 0.3) is 0 Å². The molecule has 2 aromatic rings. The molecule has 0 spiro atoms. The fourth-order valence-electron chi connectivity index (χ4n) is 2.74. The number of morpholine rings is 1. The molecule has 26 heavy (non-hydrogen) atoms. The summed E-state index contributed by atoms with van der Waals surface area (Å²) in [7, 11) is 1.54. The summed E-state index contributed by atoms with van der Waals surface area (Å²) in [4.78, 5) is 26.8. The summed E-state index contributed by atoms with van der Waals surface area (Å²) in [5.74, 6) is 0.432. The lowest BCUT2D eigenvalue weighted by Crippen LogP contribution is -2.41. The molecule has 136 valence electrons. The number of nitrogens with zero attached hydrogens (tertiary/aromatic N) is 1. The van der Waals surface area contributed by atoms with Crippen LogP contribution in [0.15, 0.2) is 48.5 Å². The van der Waals surface area contributed by atoms with Gasteiger partial charge in [0.1, 0.15) is 5.75 Å². The first-order valence-electron chi connectivity index (χ1n) is 8.36. The summed E-state index contributed by atoms with van der Waals surface area (Å²) in [5.41, 5.74) is 1.45. The van der Waals surface area contributed by atoms with Gasteiger partial charge in [0.25, 0.3) is 5.91 Å². The van der Waals surface area contributed by atoms with Gasteiger partial charge < -0.3 is 25.0 Å². The van der Waals surface area contributed by atoms with Gasteiger partial charge in [0, 0.05) is 13.1 Å². The van der Waals surface area contributed by atoms with Crippen molar-refractivity contribution in [3.05, 3.63) is 54.1 Å². The second kappa shape index (κ2) is 8.35. The van der Waals surface area contributed by atoms with Gasteiger partial charge in [-0.05, 0) is 24.3 Å². The first-order valence-corrected chi connectivity index (χ1v) is 8.36. The standard InChI is InChI=1S/C19H21N3O4/c1-25-17-9-5-4-8-16(17)21-19(24)20-15-7-3-2-6-14(15)18(23)22-10-12-26-13-11-22/h2-9H,10-13H2,1H3,(H2,20,21,24). The largest absolute Gasteiger partial charge is 0.495 e. The van der Waals surface area contributed by atoms with Gasteiger partial charge in [0.05, 0.1) is 37.3 Å². The number of urea groups is 1. The average molecular weight is 355 g/mol. The summed E-state index contributed by atoms with van der Waals surface area (Å²) in [6.45, 7) is 2.13. The first-order chi connectivity index (χ1) is 12.7. The molecule has 2 N–H and O–H groups in total. The fourth-order valence-corrected chi connectivity index (χ4v) is 2.74. The number of carbonyl (C=O) groups is 2. The molecule has 1 heterocycles. The Morgan fingerprint density at radius 3 is 2.31 bits per heavy atom. The average Bonchev–Trinajstić information content (AvgIpc) is 2.69. The van der Waals surface area contributed by atoms with Gasteiger partial charge in [-0.1, -0.05) is 24.3 Å². The van der Waals surface area contributed by atoms with E-state index in [1.807, 2.05) is 6.07 Å². The zero-order valence-corrected chi connectivity index (χ0v) is 14.5. The molecule has 0 atom stereocenters. The summed E-state index contributed by atoms with van der Waals surface area (Å²) < 4.78 is 10.5. The van der Waals surface area contributed by atoms with Crippen LogP contribution in [-0.2, 0) is 4.74 Å². The van der Waals surface area contributed by atoms with Gasteiger partial charge in [0.2, 0.25) is 0 Å². The molecule has 1 saturated heterocycles. The number of nitrogens with one attached hydrogen (secondary N) is 2. The fraction of sp³-hybridized carbons (Fsp3) is 0.263. The Hall–Kier alpha value is -3.06. The third-order valence-electron chi connectivity index (χ3n) is 4.06. The van der Waals surface area contributed by atoms with Gasteiger partial charge in [-0.25, -0.2) is 4.79 Å². The second-order valence-corrected chi connectivity index (χ2v) is 5.73. The second-order valence-electron chi connectivity index (χ2n) is 5.73. The lowest BCUT2D eigenvalue weighted by Gasteiger charge is -2.27. The Morgan fingerprint density at radius 1 is 0.962 bits per heavy atom. The van der Waals surface area contributed by atoms with Crippen LogP contribution in [0, 0.1) is 0 Å². The smallest absolute Gasteiger partial charge is 0.323 e. The molecule has 0 aliphatic carbocycles. The van der Waals surface area contributed by atoms with Crippen molar-refractivity contribution in [1.82, 2.24) is 4.90 Å². The van der Waals surface area contributed by atoms with E-state index in [1.165, 1.54) is 7.11 Å². The van der Waals surface area contributed by atoms with E-state index in [1.54, 1.807) is 47.4 Å². The van der Waals surface area contributed by atoms with Crippen LogP contribution in [-0.4, -0.2) is 50.3 Å². The molecule has 0 saturated carbocycles. The molecule has 2 aromatic carbocycles. The van der Waals surface area contributed by atoms with E-state index in [-0.39, 0.29) is 5.91 Å². The van der Waals surface area contributed by atoms with Crippen LogP contribution in [0.1, 0.15) is 10.4 Å². The Morgan fingerprint density at radius 2 is 1.58 bits per heavy atom. The molecular formula is C19H21N3O4. The lowest BCUT2D eigenvalue weighted by atomic mass is 10.1. The number of hydrogen-bond donors (Lipinski definition) is 2. The molecule has 0 bridgehead atoms. The molecule has 3 rings (SSSR count). The van der Waals surface area contributed by atoms with Crippen molar-refractivity contribution >= 4 is 23.3 Å². The normalized spacial score (nSPS) is 13.8.